The molecule has 0 saturated heterocycles. The standard InChI is InChI=1S/C35H22N2/c1-2-8-23(9-3-1)24-14-16-25(17-15-24)27-19-20-32-31(22-27)36-35-30-13-7-6-12-29(30)34-28-11-5-4-10-26(28)18-21-33(34)37(32)35/h1-22H. The number of imidazole rings is 1. The second kappa shape index (κ2) is 7.78. The third-order valence-corrected chi connectivity index (χ3v) is 7.57. The molecule has 0 aliphatic carbocycles. The van der Waals surface area contributed by atoms with E-state index < -0.39 is 0 Å². The highest BCUT2D eigenvalue weighted by Gasteiger charge is 2.15. The topological polar surface area (TPSA) is 17.3 Å². The number of hydrogen-bond donors (Lipinski definition) is 0. The Morgan fingerprint density at radius 3 is 1.84 bits per heavy atom. The highest BCUT2D eigenvalue weighted by molar-refractivity contribution is 6.23. The second-order valence-corrected chi connectivity index (χ2v) is 9.64. The Bertz CT molecular complexity index is 2120. The van der Waals surface area contributed by atoms with Gasteiger partial charge in [-0.3, -0.25) is 4.40 Å². The van der Waals surface area contributed by atoms with Crippen LogP contribution in [0.15, 0.2) is 133 Å². The molecule has 0 saturated carbocycles. The fourth-order valence-corrected chi connectivity index (χ4v) is 5.80. The number of nitrogens with zero attached hydrogens (tertiary/aromatic N) is 2. The van der Waals surface area contributed by atoms with E-state index in [0.717, 1.165) is 16.7 Å². The molecular weight excluding hydrogens is 448 g/mol. The summed E-state index contributed by atoms with van der Waals surface area (Å²) in [5, 5.41) is 6.23. The van der Waals surface area contributed by atoms with Crippen LogP contribution in [0.5, 0.6) is 0 Å². The lowest BCUT2D eigenvalue weighted by Gasteiger charge is -2.11. The van der Waals surface area contributed by atoms with Crippen molar-refractivity contribution in [2.45, 2.75) is 0 Å². The van der Waals surface area contributed by atoms with Crippen LogP contribution in [-0.4, -0.2) is 9.38 Å². The first kappa shape index (κ1) is 20.3. The molecule has 0 atom stereocenters. The minimum absolute atomic E-state index is 1.00. The second-order valence-electron chi connectivity index (χ2n) is 9.64. The molecule has 2 heterocycles. The van der Waals surface area contributed by atoms with Crippen LogP contribution in [0.1, 0.15) is 0 Å². The lowest BCUT2D eigenvalue weighted by atomic mass is 9.99. The van der Waals surface area contributed by atoms with E-state index in [0.29, 0.717) is 0 Å². The van der Waals surface area contributed by atoms with Crippen molar-refractivity contribution in [1.82, 2.24) is 9.38 Å². The summed E-state index contributed by atoms with van der Waals surface area (Å²) in [6.07, 6.45) is 0. The van der Waals surface area contributed by atoms with Gasteiger partial charge in [-0.25, -0.2) is 4.98 Å². The highest BCUT2D eigenvalue weighted by atomic mass is 15.0. The smallest absolute Gasteiger partial charge is 0.146 e. The normalized spacial score (nSPS) is 11.8. The summed E-state index contributed by atoms with van der Waals surface area (Å²) in [5.74, 6) is 0. The van der Waals surface area contributed by atoms with Gasteiger partial charge < -0.3 is 0 Å². The van der Waals surface area contributed by atoms with Crippen molar-refractivity contribution in [3.63, 3.8) is 0 Å². The Morgan fingerprint density at radius 2 is 1.03 bits per heavy atom. The predicted molar refractivity (Wildman–Crippen MR) is 156 cm³/mol. The van der Waals surface area contributed by atoms with Gasteiger partial charge in [0.1, 0.15) is 5.65 Å². The molecule has 8 rings (SSSR count). The monoisotopic (exact) mass is 470 g/mol. The van der Waals surface area contributed by atoms with Gasteiger partial charge >= 0.3 is 0 Å². The summed E-state index contributed by atoms with van der Waals surface area (Å²) in [6.45, 7) is 0. The van der Waals surface area contributed by atoms with Crippen molar-refractivity contribution in [2.75, 3.05) is 0 Å². The molecule has 6 aromatic carbocycles. The van der Waals surface area contributed by atoms with E-state index in [2.05, 4.69) is 138 Å². The Morgan fingerprint density at radius 1 is 0.432 bits per heavy atom. The molecule has 2 nitrogen and oxygen atoms in total. The summed E-state index contributed by atoms with van der Waals surface area (Å²) >= 11 is 0. The number of rotatable bonds is 2. The van der Waals surface area contributed by atoms with Gasteiger partial charge in [-0.15, -0.1) is 0 Å². The molecule has 172 valence electrons. The Hall–Kier alpha value is -4.95. The molecule has 2 aromatic heterocycles. The van der Waals surface area contributed by atoms with Crippen molar-refractivity contribution in [1.29, 1.82) is 0 Å². The summed E-state index contributed by atoms with van der Waals surface area (Å²) < 4.78 is 2.34. The van der Waals surface area contributed by atoms with Gasteiger partial charge in [-0.1, -0.05) is 115 Å². The van der Waals surface area contributed by atoms with E-state index in [-0.39, 0.29) is 0 Å². The first-order chi connectivity index (χ1) is 18.3. The predicted octanol–water partition coefficient (Wildman–Crippen LogP) is 9.28. The molecule has 0 unspecified atom stereocenters. The number of fused-ring (bicyclic) bond motifs is 10. The van der Waals surface area contributed by atoms with Gasteiger partial charge in [0.05, 0.1) is 16.6 Å². The fraction of sp³-hybridized carbons (Fsp3) is 0. The van der Waals surface area contributed by atoms with Crippen molar-refractivity contribution in [3.05, 3.63) is 133 Å². The first-order valence-corrected chi connectivity index (χ1v) is 12.7. The zero-order valence-electron chi connectivity index (χ0n) is 20.1. The number of aromatic nitrogens is 2. The van der Waals surface area contributed by atoms with Gasteiger partial charge in [0.15, 0.2) is 0 Å². The lowest BCUT2D eigenvalue weighted by molar-refractivity contribution is 1.32. The molecule has 0 aliphatic rings. The van der Waals surface area contributed by atoms with Crippen LogP contribution >= 0.6 is 0 Å². The molecule has 0 N–H and O–H groups in total. The van der Waals surface area contributed by atoms with E-state index in [4.69, 9.17) is 4.98 Å². The third kappa shape index (κ3) is 3.03. The van der Waals surface area contributed by atoms with Crippen molar-refractivity contribution in [2.24, 2.45) is 0 Å². The van der Waals surface area contributed by atoms with Gasteiger partial charge in [0, 0.05) is 10.8 Å². The van der Waals surface area contributed by atoms with Crippen LogP contribution in [0, 0.1) is 0 Å². The van der Waals surface area contributed by atoms with Gasteiger partial charge in [0.2, 0.25) is 0 Å². The van der Waals surface area contributed by atoms with Crippen LogP contribution in [0.2, 0.25) is 0 Å². The molecular formula is C35H22N2. The van der Waals surface area contributed by atoms with Crippen LogP contribution in [-0.2, 0) is 0 Å². The van der Waals surface area contributed by atoms with E-state index in [1.54, 1.807) is 0 Å². The SMILES string of the molecule is c1ccc(-c2ccc(-c3ccc4c(c3)nc3c5ccccc5c5c6ccccc6ccc5n43)cc2)cc1. The maximum absolute atomic E-state index is 5.19. The van der Waals surface area contributed by atoms with Crippen LogP contribution in [0.4, 0.5) is 0 Å². The summed E-state index contributed by atoms with van der Waals surface area (Å²) in [4.78, 5) is 5.19. The first-order valence-electron chi connectivity index (χ1n) is 12.7. The number of benzene rings is 6. The minimum atomic E-state index is 1.00. The average Bonchev–Trinajstić information content (AvgIpc) is 3.37. The van der Waals surface area contributed by atoms with Crippen molar-refractivity contribution >= 4 is 49.1 Å². The van der Waals surface area contributed by atoms with Crippen LogP contribution in [0.3, 0.4) is 0 Å². The summed E-state index contributed by atoms with van der Waals surface area (Å²) in [5.41, 5.74) is 9.16. The van der Waals surface area contributed by atoms with Gasteiger partial charge in [0.25, 0.3) is 0 Å². The zero-order valence-corrected chi connectivity index (χ0v) is 20.1. The lowest BCUT2D eigenvalue weighted by Crippen LogP contribution is -1.92. The van der Waals surface area contributed by atoms with Crippen LogP contribution < -0.4 is 0 Å². The van der Waals surface area contributed by atoms with Crippen molar-refractivity contribution in [3.8, 4) is 22.3 Å². The third-order valence-electron chi connectivity index (χ3n) is 7.57. The molecule has 0 amide bonds. The molecule has 2 heteroatoms. The van der Waals surface area contributed by atoms with E-state index >= 15 is 0 Å². The van der Waals surface area contributed by atoms with Crippen LogP contribution in [0.25, 0.3) is 71.4 Å². The minimum Gasteiger partial charge on any atom is -0.292 e. The quantitative estimate of drug-likeness (QED) is 0.230. The largest absolute Gasteiger partial charge is 0.292 e. The van der Waals surface area contributed by atoms with Gasteiger partial charge in [-0.2, -0.15) is 0 Å². The van der Waals surface area contributed by atoms with Gasteiger partial charge in [-0.05, 0) is 56.6 Å². The van der Waals surface area contributed by atoms with E-state index in [1.807, 2.05) is 0 Å². The molecule has 0 fully saturated rings. The zero-order chi connectivity index (χ0) is 24.3. The van der Waals surface area contributed by atoms with E-state index in [9.17, 15) is 0 Å². The summed E-state index contributed by atoms with van der Waals surface area (Å²) in [6, 6.07) is 47.8. The van der Waals surface area contributed by atoms with Crippen molar-refractivity contribution < 1.29 is 0 Å². The molecule has 0 bridgehead atoms. The fourth-order valence-electron chi connectivity index (χ4n) is 5.80. The van der Waals surface area contributed by atoms with E-state index in [1.165, 1.54) is 54.7 Å². The Labute approximate surface area is 214 Å². The Balaban J connectivity index is 1.38. The number of hydrogen-bond acceptors (Lipinski definition) is 1. The highest BCUT2D eigenvalue weighted by Crippen LogP contribution is 2.37. The molecule has 8 aromatic rings. The molecule has 0 aliphatic heterocycles. The maximum atomic E-state index is 5.19. The summed E-state index contributed by atoms with van der Waals surface area (Å²) in [7, 11) is 0. The molecule has 0 spiro atoms. The average molecular weight is 471 g/mol. The Kier molecular flexibility index (Phi) is 4.26. The molecule has 0 radical (unpaired) electrons. The molecule has 37 heavy (non-hydrogen) atoms. The maximum Gasteiger partial charge on any atom is 0.146 e. The number of pyridine rings is 1.